The predicted molar refractivity (Wildman–Crippen MR) is 77.3 cm³/mol. The van der Waals surface area contributed by atoms with Crippen LogP contribution in [0.3, 0.4) is 0 Å². The van der Waals surface area contributed by atoms with E-state index in [4.69, 9.17) is 4.74 Å². The van der Waals surface area contributed by atoms with E-state index < -0.39 is 5.92 Å². The number of rotatable bonds is 2. The molecule has 3 aliphatic rings. The fraction of sp³-hybridized carbons (Fsp3) is 0.571. The lowest BCUT2D eigenvalue weighted by molar-refractivity contribution is -0.128. The summed E-state index contributed by atoms with van der Waals surface area (Å²) in [6.45, 7) is 1.32. The molecule has 0 radical (unpaired) electrons. The third-order valence-electron chi connectivity index (χ3n) is 4.00. The smallest absolute Gasteiger partial charge is 0.331 e. The number of hydrogen-bond acceptors (Lipinski definition) is 5. The Kier molecular flexibility index (Phi) is 3.59. The van der Waals surface area contributed by atoms with Crippen LogP contribution in [0.4, 0.5) is 4.79 Å². The first-order chi connectivity index (χ1) is 10.1. The summed E-state index contributed by atoms with van der Waals surface area (Å²) < 4.78 is 5.54. The summed E-state index contributed by atoms with van der Waals surface area (Å²) in [7, 11) is 3.10. The van der Waals surface area contributed by atoms with Gasteiger partial charge < -0.3 is 4.74 Å². The summed E-state index contributed by atoms with van der Waals surface area (Å²) in [6.07, 6.45) is 5.50. The van der Waals surface area contributed by atoms with E-state index >= 15 is 0 Å². The van der Waals surface area contributed by atoms with Crippen molar-refractivity contribution in [3.8, 4) is 0 Å². The van der Waals surface area contributed by atoms with Gasteiger partial charge in [0.2, 0.25) is 5.91 Å². The van der Waals surface area contributed by atoms with Gasteiger partial charge >= 0.3 is 6.03 Å². The highest BCUT2D eigenvalue weighted by Crippen LogP contribution is 2.22. The molecule has 0 bridgehead atoms. The van der Waals surface area contributed by atoms with Crippen LogP contribution in [0, 0.1) is 5.92 Å². The Morgan fingerprint density at radius 2 is 2.19 bits per heavy atom. The first kappa shape index (κ1) is 13.9. The van der Waals surface area contributed by atoms with Crippen LogP contribution >= 0.6 is 0 Å². The summed E-state index contributed by atoms with van der Waals surface area (Å²) in [5, 5.41) is 0. The zero-order chi connectivity index (χ0) is 15.0. The van der Waals surface area contributed by atoms with Crippen LogP contribution in [0.5, 0.6) is 0 Å². The van der Waals surface area contributed by atoms with Gasteiger partial charge in [0.25, 0.3) is 0 Å². The number of urea groups is 1. The third kappa shape index (κ3) is 2.37. The second-order valence-corrected chi connectivity index (χ2v) is 5.38. The average molecular weight is 290 g/mol. The fourth-order valence-electron chi connectivity index (χ4n) is 2.76. The molecular formula is C14H18N4O3. The Hall–Kier alpha value is -2.02. The topological polar surface area (TPSA) is 74.6 Å². The van der Waals surface area contributed by atoms with E-state index in [1.165, 1.54) is 11.9 Å². The van der Waals surface area contributed by atoms with Crippen LogP contribution in [0.25, 0.3) is 0 Å². The lowest BCUT2D eigenvalue weighted by Crippen LogP contribution is -2.59. The molecule has 7 nitrogen and oxygen atoms in total. The Labute approximate surface area is 123 Å². The molecule has 2 fully saturated rings. The van der Waals surface area contributed by atoms with Crippen LogP contribution in [-0.4, -0.2) is 66.6 Å². The second kappa shape index (κ2) is 5.40. The average Bonchev–Trinajstić information content (AvgIpc) is 3.01. The quantitative estimate of drug-likeness (QED) is 0.750. The molecular weight excluding hydrogens is 272 g/mol. The van der Waals surface area contributed by atoms with Gasteiger partial charge in [-0.1, -0.05) is 0 Å². The fourth-order valence-corrected chi connectivity index (χ4v) is 2.76. The van der Waals surface area contributed by atoms with E-state index in [1.807, 2.05) is 0 Å². The monoisotopic (exact) mass is 290 g/mol. The van der Waals surface area contributed by atoms with Gasteiger partial charge in [0.15, 0.2) is 0 Å². The van der Waals surface area contributed by atoms with E-state index in [1.54, 1.807) is 19.3 Å². The normalized spacial score (nSPS) is 31.0. The van der Waals surface area contributed by atoms with Crippen LogP contribution in [0.15, 0.2) is 22.3 Å². The van der Waals surface area contributed by atoms with Crippen molar-refractivity contribution in [2.75, 3.05) is 27.2 Å². The van der Waals surface area contributed by atoms with E-state index in [-0.39, 0.29) is 18.0 Å². The summed E-state index contributed by atoms with van der Waals surface area (Å²) in [4.78, 5) is 35.5. The van der Waals surface area contributed by atoms with Crippen LogP contribution in [0.2, 0.25) is 0 Å². The Morgan fingerprint density at radius 3 is 2.90 bits per heavy atom. The first-order valence-electron chi connectivity index (χ1n) is 7.05. The molecule has 0 aliphatic carbocycles. The maximum Gasteiger partial charge on any atom is 0.331 e. The van der Waals surface area contributed by atoms with Crippen molar-refractivity contribution in [1.29, 1.82) is 0 Å². The molecule has 0 spiro atoms. The number of aliphatic imine (C=N–C) groups is 2. The van der Waals surface area contributed by atoms with Crippen molar-refractivity contribution in [3.05, 3.63) is 12.3 Å². The number of carbonyl (C=O) groups is 2. The second-order valence-electron chi connectivity index (χ2n) is 5.38. The lowest BCUT2D eigenvalue weighted by atomic mass is 9.95. The zero-order valence-electron chi connectivity index (χ0n) is 12.2. The van der Waals surface area contributed by atoms with Crippen molar-refractivity contribution in [2.45, 2.75) is 18.9 Å². The molecule has 3 aliphatic heterocycles. The van der Waals surface area contributed by atoms with Gasteiger partial charge in [-0.2, -0.15) is 0 Å². The molecule has 3 heterocycles. The van der Waals surface area contributed by atoms with Gasteiger partial charge in [-0.05, 0) is 18.9 Å². The summed E-state index contributed by atoms with van der Waals surface area (Å²) in [5.74, 6) is -0.437. The van der Waals surface area contributed by atoms with Crippen LogP contribution in [0.1, 0.15) is 12.8 Å². The molecule has 2 unspecified atom stereocenters. The number of nitrogens with zero attached hydrogens (tertiary/aromatic N) is 4. The highest BCUT2D eigenvalue weighted by atomic mass is 16.5. The Morgan fingerprint density at radius 1 is 1.38 bits per heavy atom. The molecule has 2 saturated heterocycles. The van der Waals surface area contributed by atoms with E-state index in [0.29, 0.717) is 18.1 Å². The molecule has 0 aromatic rings. The van der Waals surface area contributed by atoms with Crippen molar-refractivity contribution in [2.24, 2.45) is 15.9 Å². The molecule has 0 aromatic carbocycles. The number of ether oxygens (including phenoxy) is 1. The van der Waals surface area contributed by atoms with Gasteiger partial charge in [-0.25, -0.2) is 9.79 Å². The Balaban J connectivity index is 1.85. The maximum absolute atomic E-state index is 12.4. The van der Waals surface area contributed by atoms with Crippen LogP contribution in [-0.2, 0) is 9.53 Å². The van der Waals surface area contributed by atoms with Crippen molar-refractivity contribution in [3.63, 3.8) is 0 Å². The number of fused-ring (bicyclic) bond motifs is 1. The molecule has 7 heteroatoms. The van der Waals surface area contributed by atoms with Gasteiger partial charge in [-0.15, -0.1) is 0 Å². The van der Waals surface area contributed by atoms with Crippen molar-refractivity contribution >= 4 is 23.5 Å². The molecule has 0 N–H and O–H groups in total. The van der Waals surface area contributed by atoms with Gasteiger partial charge in [0, 0.05) is 26.9 Å². The molecule has 3 amide bonds. The molecule has 3 rings (SSSR count). The molecule has 0 saturated carbocycles. The lowest BCUT2D eigenvalue weighted by Gasteiger charge is -2.36. The molecule has 2 atom stereocenters. The number of amides is 3. The summed E-state index contributed by atoms with van der Waals surface area (Å²) in [5.41, 5.74) is 0.645. The molecule has 0 aromatic heterocycles. The van der Waals surface area contributed by atoms with Gasteiger partial charge in [0.05, 0.1) is 18.4 Å². The summed E-state index contributed by atoms with van der Waals surface area (Å²) >= 11 is 0. The standard InChI is InChI=1S/C14H18N4O3/c1-17-12-11(13(19)18(2)14(17)20)10(5-6-15-12)16-8-9-4-3-7-21-9/h5-6,9,11H,3-4,7-8H2,1-2H3. The van der Waals surface area contributed by atoms with E-state index in [2.05, 4.69) is 9.98 Å². The van der Waals surface area contributed by atoms with Crippen molar-refractivity contribution in [1.82, 2.24) is 9.80 Å². The minimum atomic E-state index is -0.593. The minimum Gasteiger partial charge on any atom is -0.376 e. The van der Waals surface area contributed by atoms with Crippen LogP contribution < -0.4 is 0 Å². The third-order valence-corrected chi connectivity index (χ3v) is 4.00. The molecule has 112 valence electrons. The van der Waals surface area contributed by atoms with Gasteiger partial charge in [-0.3, -0.25) is 19.6 Å². The predicted octanol–water partition coefficient (Wildman–Crippen LogP) is 0.672. The first-order valence-corrected chi connectivity index (χ1v) is 7.05. The van der Waals surface area contributed by atoms with E-state index in [0.717, 1.165) is 24.3 Å². The number of carbonyl (C=O) groups excluding carboxylic acids is 2. The number of allylic oxidation sites excluding steroid dienone is 1. The highest BCUT2D eigenvalue weighted by Gasteiger charge is 2.43. The Bertz CT molecular complexity index is 561. The van der Waals surface area contributed by atoms with Gasteiger partial charge in [0.1, 0.15) is 11.8 Å². The highest BCUT2D eigenvalue weighted by molar-refractivity contribution is 6.31. The number of imide groups is 1. The number of hydrogen-bond donors (Lipinski definition) is 0. The zero-order valence-corrected chi connectivity index (χ0v) is 12.2. The largest absolute Gasteiger partial charge is 0.376 e. The SMILES string of the molecule is CN1C(=O)C2C(=NCC3CCCO3)C=CN=C2N(C)C1=O. The number of amidine groups is 1. The van der Waals surface area contributed by atoms with E-state index in [9.17, 15) is 9.59 Å². The molecule has 21 heavy (non-hydrogen) atoms. The maximum atomic E-state index is 12.4. The van der Waals surface area contributed by atoms with Crippen molar-refractivity contribution < 1.29 is 14.3 Å². The minimum absolute atomic E-state index is 0.129. The summed E-state index contributed by atoms with van der Waals surface area (Å²) in [6, 6.07) is -0.372.